The second-order valence-electron chi connectivity index (χ2n) is 6.32. The number of anilines is 1. The van der Waals surface area contributed by atoms with Crippen LogP contribution in [-0.4, -0.2) is 42.0 Å². The van der Waals surface area contributed by atoms with E-state index in [0.717, 1.165) is 37.2 Å². The minimum atomic E-state index is -0.147. The maximum atomic E-state index is 12.3. The normalized spacial score (nSPS) is 15.9. The van der Waals surface area contributed by atoms with Crippen LogP contribution in [0.15, 0.2) is 48.7 Å². The Hall–Kier alpha value is -2.40. The van der Waals surface area contributed by atoms with Gasteiger partial charge in [-0.2, -0.15) is 0 Å². The van der Waals surface area contributed by atoms with Crippen molar-refractivity contribution >= 4 is 11.6 Å². The van der Waals surface area contributed by atoms with Crippen molar-refractivity contribution < 1.29 is 4.79 Å². The summed E-state index contributed by atoms with van der Waals surface area (Å²) in [6.45, 7) is 2.72. The average molecular weight is 324 g/mol. The zero-order chi connectivity index (χ0) is 16.8. The summed E-state index contributed by atoms with van der Waals surface area (Å²) in [4.78, 5) is 18.8. The van der Waals surface area contributed by atoms with Gasteiger partial charge in [0.25, 0.3) is 5.91 Å². The highest BCUT2D eigenvalue weighted by molar-refractivity contribution is 5.93. The maximum Gasteiger partial charge on any atom is 0.270 e. The van der Waals surface area contributed by atoms with Crippen LogP contribution in [0.25, 0.3) is 0 Å². The first-order valence-corrected chi connectivity index (χ1v) is 8.44. The summed E-state index contributed by atoms with van der Waals surface area (Å²) in [5, 5.41) is 6.44. The molecule has 0 unspecified atom stereocenters. The van der Waals surface area contributed by atoms with Crippen LogP contribution in [0.5, 0.6) is 0 Å². The summed E-state index contributed by atoms with van der Waals surface area (Å²) in [7, 11) is 2.15. The molecule has 1 aromatic heterocycles. The minimum absolute atomic E-state index is 0.147. The molecule has 0 saturated carbocycles. The van der Waals surface area contributed by atoms with E-state index in [0.29, 0.717) is 18.3 Å². The summed E-state index contributed by atoms with van der Waals surface area (Å²) in [6.07, 6.45) is 3.93. The molecule has 1 aliphatic rings. The van der Waals surface area contributed by atoms with Gasteiger partial charge < -0.3 is 15.5 Å². The lowest BCUT2D eigenvalue weighted by atomic mass is 10.1. The average Bonchev–Trinajstić information content (AvgIpc) is 2.63. The molecular formula is C19H24N4O. The first kappa shape index (κ1) is 16.5. The monoisotopic (exact) mass is 324 g/mol. The Labute approximate surface area is 143 Å². The number of amides is 1. The molecule has 1 aromatic carbocycles. The molecule has 0 radical (unpaired) electrons. The number of benzene rings is 1. The molecule has 1 aliphatic heterocycles. The zero-order valence-corrected chi connectivity index (χ0v) is 14.0. The number of carbonyl (C=O) groups excluding carboxylic acids is 1. The van der Waals surface area contributed by atoms with E-state index in [4.69, 9.17) is 0 Å². The third-order valence-electron chi connectivity index (χ3n) is 4.38. The van der Waals surface area contributed by atoms with Crippen LogP contribution in [0.4, 0.5) is 5.69 Å². The van der Waals surface area contributed by atoms with Gasteiger partial charge in [-0.25, -0.2) is 0 Å². The number of pyridine rings is 1. The second kappa shape index (κ2) is 7.93. The lowest BCUT2D eigenvalue weighted by Gasteiger charge is -2.30. The number of aromatic nitrogens is 1. The molecule has 2 N–H and O–H groups in total. The van der Waals surface area contributed by atoms with E-state index < -0.39 is 0 Å². The third-order valence-corrected chi connectivity index (χ3v) is 4.38. The molecule has 0 aliphatic carbocycles. The van der Waals surface area contributed by atoms with Gasteiger partial charge in [0.1, 0.15) is 5.69 Å². The fourth-order valence-electron chi connectivity index (χ4n) is 2.90. The predicted molar refractivity (Wildman–Crippen MR) is 96.0 cm³/mol. The number of carbonyl (C=O) groups is 1. The first-order chi connectivity index (χ1) is 11.7. The Kier molecular flexibility index (Phi) is 5.43. The molecule has 5 heteroatoms. The van der Waals surface area contributed by atoms with Crippen LogP contribution in [0.3, 0.4) is 0 Å². The first-order valence-electron chi connectivity index (χ1n) is 8.44. The van der Waals surface area contributed by atoms with Gasteiger partial charge in [0, 0.05) is 24.5 Å². The van der Waals surface area contributed by atoms with Crippen LogP contribution in [0, 0.1) is 0 Å². The van der Waals surface area contributed by atoms with Gasteiger partial charge in [-0.3, -0.25) is 9.78 Å². The number of hydrogen-bond donors (Lipinski definition) is 2. The van der Waals surface area contributed by atoms with Gasteiger partial charge >= 0.3 is 0 Å². The van der Waals surface area contributed by atoms with E-state index in [1.54, 1.807) is 6.20 Å². The second-order valence-corrected chi connectivity index (χ2v) is 6.32. The van der Waals surface area contributed by atoms with E-state index in [-0.39, 0.29) is 5.91 Å². The minimum Gasteiger partial charge on any atom is -0.382 e. The highest BCUT2D eigenvalue weighted by Gasteiger charge is 2.17. The molecular weight excluding hydrogens is 300 g/mol. The fourth-order valence-corrected chi connectivity index (χ4v) is 2.90. The summed E-state index contributed by atoms with van der Waals surface area (Å²) in [5.74, 6) is -0.147. The third kappa shape index (κ3) is 4.55. The number of rotatable bonds is 5. The lowest BCUT2D eigenvalue weighted by molar-refractivity contribution is 0.0946. The molecule has 0 atom stereocenters. The Morgan fingerprint density at radius 3 is 2.71 bits per heavy atom. The molecule has 1 saturated heterocycles. The molecule has 0 bridgehead atoms. The predicted octanol–water partition coefficient (Wildman–Crippen LogP) is 2.52. The SMILES string of the molecule is CN1CCC(Nc2ccnc(C(=O)NCc3ccccc3)c2)CC1. The largest absolute Gasteiger partial charge is 0.382 e. The molecule has 126 valence electrons. The lowest BCUT2D eigenvalue weighted by Crippen LogP contribution is -2.36. The fraction of sp³-hybridized carbons (Fsp3) is 0.368. The molecule has 5 nitrogen and oxygen atoms in total. The molecule has 3 rings (SSSR count). The number of likely N-dealkylation sites (tertiary alicyclic amines) is 1. The van der Waals surface area contributed by atoms with Crippen LogP contribution < -0.4 is 10.6 Å². The molecule has 2 aromatic rings. The van der Waals surface area contributed by atoms with Crippen molar-refractivity contribution in [2.75, 3.05) is 25.5 Å². The standard InChI is InChI=1S/C19H24N4O/c1-23-11-8-16(9-12-23)22-17-7-10-20-18(13-17)19(24)21-14-15-5-3-2-4-6-15/h2-7,10,13,16H,8-9,11-12,14H2,1H3,(H,20,22)(H,21,24). The van der Waals surface area contributed by atoms with Gasteiger partial charge in [-0.1, -0.05) is 30.3 Å². The van der Waals surface area contributed by atoms with E-state index in [2.05, 4.69) is 27.6 Å². The van der Waals surface area contributed by atoms with Gasteiger partial charge in [0.2, 0.25) is 0 Å². The topological polar surface area (TPSA) is 57.3 Å². The van der Waals surface area contributed by atoms with Gasteiger partial charge in [-0.05, 0) is 50.7 Å². The van der Waals surface area contributed by atoms with Crippen molar-refractivity contribution in [1.29, 1.82) is 0 Å². The van der Waals surface area contributed by atoms with Crippen molar-refractivity contribution in [3.63, 3.8) is 0 Å². The molecule has 0 spiro atoms. The van der Waals surface area contributed by atoms with Crippen molar-refractivity contribution in [3.05, 3.63) is 59.9 Å². The van der Waals surface area contributed by atoms with Crippen LogP contribution in [0.2, 0.25) is 0 Å². The maximum absolute atomic E-state index is 12.3. The number of piperidine rings is 1. The highest BCUT2D eigenvalue weighted by atomic mass is 16.1. The van der Waals surface area contributed by atoms with E-state index in [1.165, 1.54) is 0 Å². The van der Waals surface area contributed by atoms with Gasteiger partial charge in [0.15, 0.2) is 0 Å². The zero-order valence-electron chi connectivity index (χ0n) is 14.0. The summed E-state index contributed by atoms with van der Waals surface area (Å²) < 4.78 is 0. The van der Waals surface area contributed by atoms with Crippen molar-refractivity contribution in [3.8, 4) is 0 Å². The van der Waals surface area contributed by atoms with Crippen molar-refractivity contribution in [2.24, 2.45) is 0 Å². The van der Waals surface area contributed by atoms with E-state index >= 15 is 0 Å². The smallest absolute Gasteiger partial charge is 0.270 e. The van der Waals surface area contributed by atoms with Gasteiger partial charge in [0.05, 0.1) is 0 Å². The molecule has 1 amide bonds. The van der Waals surface area contributed by atoms with Crippen LogP contribution >= 0.6 is 0 Å². The molecule has 2 heterocycles. The Bertz CT molecular complexity index is 666. The molecule has 1 fully saturated rings. The van der Waals surface area contributed by atoms with Crippen molar-refractivity contribution in [1.82, 2.24) is 15.2 Å². The summed E-state index contributed by atoms with van der Waals surface area (Å²) in [5.41, 5.74) is 2.49. The van der Waals surface area contributed by atoms with Crippen LogP contribution in [0.1, 0.15) is 28.9 Å². The van der Waals surface area contributed by atoms with Crippen LogP contribution in [-0.2, 0) is 6.54 Å². The Balaban J connectivity index is 1.57. The van der Waals surface area contributed by atoms with Gasteiger partial charge in [-0.15, -0.1) is 0 Å². The van der Waals surface area contributed by atoms with Crippen molar-refractivity contribution in [2.45, 2.75) is 25.4 Å². The summed E-state index contributed by atoms with van der Waals surface area (Å²) in [6, 6.07) is 14.1. The highest BCUT2D eigenvalue weighted by Crippen LogP contribution is 2.16. The number of nitrogens with zero attached hydrogens (tertiary/aromatic N) is 2. The van der Waals surface area contributed by atoms with E-state index in [9.17, 15) is 4.79 Å². The number of nitrogens with one attached hydrogen (secondary N) is 2. The Morgan fingerprint density at radius 2 is 1.96 bits per heavy atom. The molecule has 24 heavy (non-hydrogen) atoms. The quantitative estimate of drug-likeness (QED) is 0.887. The summed E-state index contributed by atoms with van der Waals surface area (Å²) >= 11 is 0. The Morgan fingerprint density at radius 1 is 1.21 bits per heavy atom. The number of hydrogen-bond acceptors (Lipinski definition) is 4. The van der Waals surface area contributed by atoms with E-state index in [1.807, 2.05) is 42.5 Å².